The van der Waals surface area contributed by atoms with Gasteiger partial charge in [0.2, 0.25) is 0 Å². The van der Waals surface area contributed by atoms with Gasteiger partial charge in [-0.3, -0.25) is 9.48 Å². The van der Waals surface area contributed by atoms with E-state index in [0.717, 1.165) is 15.1 Å². The highest BCUT2D eigenvalue weighted by Gasteiger charge is 2.13. The average Bonchev–Trinajstić information content (AvgIpc) is 3.15. The van der Waals surface area contributed by atoms with Gasteiger partial charge in [-0.05, 0) is 35.9 Å². The van der Waals surface area contributed by atoms with Crippen molar-refractivity contribution in [3.05, 3.63) is 57.6 Å². The van der Waals surface area contributed by atoms with Crippen molar-refractivity contribution in [2.24, 2.45) is 0 Å². The Hall–Kier alpha value is -1.96. The van der Waals surface area contributed by atoms with Gasteiger partial charge in [0.15, 0.2) is 0 Å². The van der Waals surface area contributed by atoms with E-state index >= 15 is 0 Å². The lowest BCUT2D eigenvalue weighted by molar-refractivity contribution is 0.103. The van der Waals surface area contributed by atoms with Crippen LogP contribution in [0.1, 0.15) is 9.67 Å². The first-order chi connectivity index (χ1) is 11.9. The fourth-order valence-corrected chi connectivity index (χ4v) is 3.59. The molecule has 0 saturated carbocycles. The zero-order valence-corrected chi connectivity index (χ0v) is 14.9. The van der Waals surface area contributed by atoms with Gasteiger partial charge in [-0.25, -0.2) is 8.78 Å². The van der Waals surface area contributed by atoms with E-state index < -0.39 is 13.0 Å². The van der Waals surface area contributed by atoms with Gasteiger partial charge in [0, 0.05) is 21.1 Å². The summed E-state index contributed by atoms with van der Waals surface area (Å²) < 4.78 is 25.7. The fourth-order valence-electron chi connectivity index (χ4n) is 2.17. The number of nitrogens with one attached hydrogen (secondary N) is 1. The molecular weight excluding hydrogens is 391 g/mol. The van der Waals surface area contributed by atoms with Crippen LogP contribution in [0.3, 0.4) is 0 Å². The zero-order chi connectivity index (χ0) is 18.0. The first-order valence-corrected chi connectivity index (χ1v) is 8.66. The number of halogens is 4. The summed E-state index contributed by atoms with van der Waals surface area (Å²) in [7, 11) is 0. The van der Waals surface area contributed by atoms with Crippen LogP contribution in [-0.2, 0) is 6.54 Å². The summed E-state index contributed by atoms with van der Waals surface area (Å²) in [6, 6.07) is 8.62. The Morgan fingerprint density at radius 2 is 1.96 bits per heavy atom. The second-order valence-electron chi connectivity index (χ2n) is 5.12. The van der Waals surface area contributed by atoms with Crippen molar-refractivity contribution in [2.45, 2.75) is 13.0 Å². The predicted molar refractivity (Wildman–Crippen MR) is 96.0 cm³/mol. The molecule has 0 spiro atoms. The molecule has 0 aliphatic rings. The Bertz CT molecular complexity index is 890. The predicted octanol–water partition coefficient (Wildman–Crippen LogP) is 5.44. The lowest BCUT2D eigenvalue weighted by Crippen LogP contribution is -2.10. The van der Waals surface area contributed by atoms with Gasteiger partial charge in [0.1, 0.15) is 6.54 Å². The summed E-state index contributed by atoms with van der Waals surface area (Å²) >= 11 is 13.3. The summed E-state index contributed by atoms with van der Waals surface area (Å²) in [6.45, 7) is -0.519. The number of hydrogen-bond donors (Lipinski definition) is 1. The normalized spacial score (nSPS) is 11.1. The molecule has 1 amide bonds. The van der Waals surface area contributed by atoms with Crippen LogP contribution >= 0.6 is 34.5 Å². The Labute approximate surface area is 156 Å². The van der Waals surface area contributed by atoms with E-state index in [1.165, 1.54) is 23.7 Å². The van der Waals surface area contributed by atoms with Crippen LogP contribution in [0.5, 0.6) is 0 Å². The van der Waals surface area contributed by atoms with Crippen LogP contribution in [0.2, 0.25) is 10.0 Å². The van der Waals surface area contributed by atoms with Crippen molar-refractivity contribution in [3.8, 4) is 10.4 Å². The van der Waals surface area contributed by atoms with Crippen molar-refractivity contribution >= 4 is 46.1 Å². The van der Waals surface area contributed by atoms with Crippen molar-refractivity contribution in [2.75, 3.05) is 5.32 Å². The minimum Gasteiger partial charge on any atom is -0.319 e. The molecule has 0 fully saturated rings. The van der Waals surface area contributed by atoms with E-state index in [9.17, 15) is 13.6 Å². The molecule has 0 aliphatic heterocycles. The zero-order valence-electron chi connectivity index (χ0n) is 12.5. The quantitative estimate of drug-likeness (QED) is 0.618. The minimum absolute atomic E-state index is 0.346. The van der Waals surface area contributed by atoms with Gasteiger partial charge in [0.25, 0.3) is 12.3 Å². The number of anilines is 1. The molecule has 0 atom stereocenters. The summed E-state index contributed by atoms with van der Waals surface area (Å²) in [5, 5.41) is 7.42. The van der Waals surface area contributed by atoms with Crippen molar-refractivity contribution < 1.29 is 13.6 Å². The lowest BCUT2D eigenvalue weighted by Gasteiger charge is -2.01. The maximum Gasteiger partial charge on any atom is 0.265 e. The van der Waals surface area contributed by atoms with Crippen LogP contribution in [-0.4, -0.2) is 22.1 Å². The molecule has 3 aromatic rings. The number of nitrogens with zero attached hydrogens (tertiary/aromatic N) is 2. The summed E-state index contributed by atoms with van der Waals surface area (Å²) in [5.74, 6) is -0.346. The Kier molecular flexibility index (Phi) is 5.36. The molecule has 0 bridgehead atoms. The third-order valence-corrected chi connectivity index (χ3v) is 4.76. The molecule has 9 heteroatoms. The molecule has 3 rings (SSSR count). The highest BCUT2D eigenvalue weighted by atomic mass is 35.5. The van der Waals surface area contributed by atoms with Gasteiger partial charge in [-0.15, -0.1) is 11.3 Å². The fraction of sp³-hybridized carbons (Fsp3) is 0.125. The molecule has 1 N–H and O–H groups in total. The van der Waals surface area contributed by atoms with Gasteiger partial charge in [-0.1, -0.05) is 23.2 Å². The standard InChI is InChI=1S/C16H11Cl2F2N3OS/c17-10-3-9(4-11(18)5-10)13-1-2-14(25-13)16(24)22-12-6-21-23(7-12)8-15(19)20/h1-7,15H,8H2,(H,22,24). The van der Waals surface area contributed by atoms with E-state index in [1.54, 1.807) is 30.3 Å². The van der Waals surface area contributed by atoms with Gasteiger partial charge in [0.05, 0.1) is 16.8 Å². The third-order valence-electron chi connectivity index (χ3n) is 3.19. The smallest absolute Gasteiger partial charge is 0.265 e. The number of hydrogen-bond acceptors (Lipinski definition) is 3. The molecule has 4 nitrogen and oxygen atoms in total. The number of benzene rings is 1. The second kappa shape index (κ2) is 7.51. The van der Waals surface area contributed by atoms with Crippen LogP contribution in [0.15, 0.2) is 42.7 Å². The minimum atomic E-state index is -2.51. The van der Waals surface area contributed by atoms with Crippen molar-refractivity contribution in [3.63, 3.8) is 0 Å². The largest absolute Gasteiger partial charge is 0.319 e. The molecule has 130 valence electrons. The topological polar surface area (TPSA) is 46.9 Å². The van der Waals surface area contributed by atoms with Crippen LogP contribution in [0.4, 0.5) is 14.5 Å². The first-order valence-electron chi connectivity index (χ1n) is 7.09. The lowest BCUT2D eigenvalue weighted by atomic mass is 10.2. The number of carbonyl (C=O) groups excluding carboxylic acids is 1. The van der Waals surface area contributed by atoms with Crippen LogP contribution < -0.4 is 5.32 Å². The number of thiophene rings is 1. The number of carbonyl (C=O) groups is 1. The van der Waals surface area contributed by atoms with Crippen LogP contribution in [0, 0.1) is 0 Å². The molecule has 0 radical (unpaired) electrons. The van der Waals surface area contributed by atoms with E-state index in [-0.39, 0.29) is 5.91 Å². The maximum atomic E-state index is 12.3. The van der Waals surface area contributed by atoms with Crippen LogP contribution in [0.25, 0.3) is 10.4 Å². The average molecular weight is 402 g/mol. The maximum absolute atomic E-state index is 12.3. The number of amides is 1. The first kappa shape index (κ1) is 17.8. The number of alkyl halides is 2. The monoisotopic (exact) mass is 401 g/mol. The molecule has 0 unspecified atom stereocenters. The van der Waals surface area contributed by atoms with Gasteiger partial charge < -0.3 is 5.32 Å². The number of aromatic nitrogens is 2. The second-order valence-corrected chi connectivity index (χ2v) is 7.07. The Balaban J connectivity index is 1.73. The van der Waals surface area contributed by atoms with E-state index in [0.29, 0.717) is 20.6 Å². The van der Waals surface area contributed by atoms with Crippen molar-refractivity contribution in [1.29, 1.82) is 0 Å². The molecular formula is C16H11Cl2F2N3OS. The summed E-state index contributed by atoms with van der Waals surface area (Å²) in [6.07, 6.45) is 0.175. The van der Waals surface area contributed by atoms with Crippen molar-refractivity contribution in [1.82, 2.24) is 9.78 Å². The van der Waals surface area contributed by atoms with E-state index in [1.807, 2.05) is 0 Å². The van der Waals surface area contributed by atoms with E-state index in [4.69, 9.17) is 23.2 Å². The van der Waals surface area contributed by atoms with E-state index in [2.05, 4.69) is 10.4 Å². The van der Waals surface area contributed by atoms with Gasteiger partial charge >= 0.3 is 0 Å². The number of rotatable bonds is 5. The Morgan fingerprint density at radius 3 is 2.64 bits per heavy atom. The SMILES string of the molecule is O=C(Nc1cnn(CC(F)F)c1)c1ccc(-c2cc(Cl)cc(Cl)c2)s1. The Morgan fingerprint density at radius 1 is 1.24 bits per heavy atom. The molecule has 0 saturated heterocycles. The molecule has 1 aromatic carbocycles. The molecule has 2 heterocycles. The molecule has 2 aromatic heterocycles. The highest BCUT2D eigenvalue weighted by molar-refractivity contribution is 7.17. The third kappa shape index (κ3) is 4.56. The molecule has 25 heavy (non-hydrogen) atoms. The summed E-state index contributed by atoms with van der Waals surface area (Å²) in [5.41, 5.74) is 1.16. The summed E-state index contributed by atoms with van der Waals surface area (Å²) in [4.78, 5) is 13.6. The highest BCUT2D eigenvalue weighted by Crippen LogP contribution is 2.32. The molecule has 0 aliphatic carbocycles. The van der Waals surface area contributed by atoms with Gasteiger partial charge in [-0.2, -0.15) is 5.10 Å².